The van der Waals surface area contributed by atoms with Gasteiger partial charge in [-0.1, -0.05) is 26.8 Å². The zero-order valence-corrected chi connectivity index (χ0v) is 17.3. The fraction of sp³-hybridized carbons (Fsp3) is 0.714. The quantitative estimate of drug-likeness (QED) is 0.713. The van der Waals surface area contributed by atoms with Crippen LogP contribution in [0.4, 0.5) is 10.6 Å². The lowest BCUT2D eigenvalue weighted by Crippen LogP contribution is -2.39. The number of anilines is 1. The van der Waals surface area contributed by atoms with Gasteiger partial charge in [0.1, 0.15) is 11.4 Å². The molecule has 0 spiro atoms. The Labute approximate surface area is 158 Å². The van der Waals surface area contributed by atoms with Crippen LogP contribution >= 0.6 is 0 Å². The van der Waals surface area contributed by atoms with Crippen LogP contribution in [-0.4, -0.2) is 41.2 Å². The summed E-state index contributed by atoms with van der Waals surface area (Å²) in [7, 11) is 0. The zero-order valence-electron chi connectivity index (χ0n) is 17.3. The molecule has 1 atom stereocenters. The van der Waals surface area contributed by atoms with Gasteiger partial charge in [0.25, 0.3) is 0 Å². The molecule has 1 unspecified atom stereocenters. The van der Waals surface area contributed by atoms with Crippen LogP contribution in [0.3, 0.4) is 0 Å². The van der Waals surface area contributed by atoms with Gasteiger partial charge in [-0.15, -0.1) is 0 Å². The highest BCUT2D eigenvalue weighted by Gasteiger charge is 2.27. The predicted molar refractivity (Wildman–Crippen MR) is 106 cm³/mol. The molecule has 0 aromatic carbocycles. The molecule has 1 aromatic heterocycles. The van der Waals surface area contributed by atoms with Crippen LogP contribution in [0.25, 0.3) is 0 Å². The molecule has 5 heteroatoms. The number of hydrogen-bond donors (Lipinski definition) is 0. The molecule has 146 valence electrons. The van der Waals surface area contributed by atoms with Crippen molar-refractivity contribution in [2.24, 2.45) is 5.92 Å². The molecule has 2 rings (SSSR count). The minimum Gasteiger partial charge on any atom is -0.443 e. The Balaban J connectivity index is 2.17. The third-order valence-corrected chi connectivity index (χ3v) is 4.47. The molecule has 1 amide bonds. The molecule has 1 saturated heterocycles. The van der Waals surface area contributed by atoms with Crippen LogP contribution in [0.5, 0.6) is 0 Å². The third kappa shape index (κ3) is 5.70. The molecule has 0 radical (unpaired) electrons. The smallest absolute Gasteiger partial charge is 0.416 e. The van der Waals surface area contributed by atoms with Crippen LogP contribution in [0.1, 0.15) is 72.4 Å². The SMILES string of the molecule is CCCN1CCCC1c1ccc(N(CC(C)C)C(=O)OC(C)(C)C)nc1. The minimum atomic E-state index is -0.517. The van der Waals surface area contributed by atoms with Gasteiger partial charge in [-0.25, -0.2) is 9.78 Å². The van der Waals surface area contributed by atoms with E-state index in [1.54, 1.807) is 4.90 Å². The van der Waals surface area contributed by atoms with E-state index in [0.29, 0.717) is 24.3 Å². The highest BCUT2D eigenvalue weighted by atomic mass is 16.6. The number of aromatic nitrogens is 1. The van der Waals surface area contributed by atoms with E-state index in [1.807, 2.05) is 33.0 Å². The summed E-state index contributed by atoms with van der Waals surface area (Å²) in [6.07, 6.45) is 5.20. The van der Waals surface area contributed by atoms with Crippen molar-refractivity contribution in [3.8, 4) is 0 Å². The Hall–Kier alpha value is -1.62. The number of carbonyl (C=O) groups is 1. The van der Waals surface area contributed by atoms with Crippen molar-refractivity contribution in [2.75, 3.05) is 24.5 Å². The number of nitrogens with zero attached hydrogens (tertiary/aromatic N) is 3. The van der Waals surface area contributed by atoms with Crippen molar-refractivity contribution < 1.29 is 9.53 Å². The van der Waals surface area contributed by atoms with Crippen molar-refractivity contribution in [3.63, 3.8) is 0 Å². The molecule has 2 heterocycles. The van der Waals surface area contributed by atoms with Gasteiger partial charge in [0.15, 0.2) is 0 Å². The maximum Gasteiger partial charge on any atom is 0.416 e. The van der Waals surface area contributed by atoms with Gasteiger partial charge < -0.3 is 4.74 Å². The van der Waals surface area contributed by atoms with E-state index in [1.165, 1.54) is 24.8 Å². The van der Waals surface area contributed by atoms with E-state index in [4.69, 9.17) is 4.74 Å². The van der Waals surface area contributed by atoms with Crippen LogP contribution < -0.4 is 4.90 Å². The fourth-order valence-corrected chi connectivity index (χ4v) is 3.46. The lowest BCUT2D eigenvalue weighted by Gasteiger charge is -2.28. The second kappa shape index (κ2) is 8.85. The van der Waals surface area contributed by atoms with Gasteiger partial charge >= 0.3 is 6.09 Å². The van der Waals surface area contributed by atoms with E-state index in [-0.39, 0.29) is 6.09 Å². The van der Waals surface area contributed by atoms with E-state index >= 15 is 0 Å². The summed E-state index contributed by atoms with van der Waals surface area (Å²) in [6.45, 7) is 14.9. The second-order valence-corrected chi connectivity index (χ2v) is 8.63. The zero-order chi connectivity index (χ0) is 19.3. The van der Waals surface area contributed by atoms with Crippen molar-refractivity contribution in [3.05, 3.63) is 23.9 Å². The summed E-state index contributed by atoms with van der Waals surface area (Å²) in [5.41, 5.74) is 0.727. The second-order valence-electron chi connectivity index (χ2n) is 8.63. The maximum atomic E-state index is 12.6. The predicted octanol–water partition coefficient (Wildman–Crippen LogP) is 5.03. The number of amides is 1. The Morgan fingerprint density at radius 3 is 2.65 bits per heavy atom. The Morgan fingerprint density at radius 1 is 1.38 bits per heavy atom. The van der Waals surface area contributed by atoms with Crippen LogP contribution in [0.15, 0.2) is 18.3 Å². The highest BCUT2D eigenvalue weighted by molar-refractivity contribution is 5.86. The van der Waals surface area contributed by atoms with Crippen LogP contribution in [0, 0.1) is 5.92 Å². The molecule has 0 bridgehead atoms. The van der Waals surface area contributed by atoms with Gasteiger partial charge in [-0.3, -0.25) is 9.80 Å². The van der Waals surface area contributed by atoms with Gasteiger partial charge in [-0.05, 0) is 70.7 Å². The molecular weight excluding hydrogens is 326 g/mol. The van der Waals surface area contributed by atoms with Crippen molar-refractivity contribution in [1.82, 2.24) is 9.88 Å². The van der Waals surface area contributed by atoms with Crippen LogP contribution in [-0.2, 0) is 4.74 Å². The van der Waals surface area contributed by atoms with E-state index in [0.717, 1.165) is 13.1 Å². The molecule has 1 aliphatic heterocycles. The first kappa shape index (κ1) is 20.7. The largest absolute Gasteiger partial charge is 0.443 e. The van der Waals surface area contributed by atoms with Crippen molar-refractivity contribution >= 4 is 11.9 Å². The highest BCUT2D eigenvalue weighted by Crippen LogP contribution is 2.32. The molecular formula is C21H35N3O2. The number of carbonyl (C=O) groups excluding carboxylic acids is 1. The van der Waals surface area contributed by atoms with E-state index < -0.39 is 5.60 Å². The molecule has 0 aliphatic carbocycles. The van der Waals surface area contributed by atoms with Gasteiger partial charge in [0.2, 0.25) is 0 Å². The normalized spacial score (nSPS) is 18.3. The number of rotatable bonds is 6. The summed E-state index contributed by atoms with van der Waals surface area (Å²) in [4.78, 5) is 21.4. The molecule has 1 aromatic rings. The summed E-state index contributed by atoms with van der Waals surface area (Å²) in [5, 5.41) is 0. The lowest BCUT2D eigenvalue weighted by molar-refractivity contribution is 0.0575. The van der Waals surface area contributed by atoms with Gasteiger partial charge in [0, 0.05) is 18.8 Å². The van der Waals surface area contributed by atoms with Crippen molar-refractivity contribution in [1.29, 1.82) is 0 Å². The Kier molecular flexibility index (Phi) is 7.04. The molecule has 1 fully saturated rings. The lowest BCUT2D eigenvalue weighted by atomic mass is 10.1. The van der Waals surface area contributed by atoms with Crippen molar-refractivity contribution in [2.45, 2.75) is 72.4 Å². The van der Waals surface area contributed by atoms with E-state index in [2.05, 4.69) is 36.7 Å². The standard InChI is InChI=1S/C21H35N3O2/c1-7-12-23-13-8-9-18(23)17-10-11-19(22-14-17)24(15-16(2)3)20(25)26-21(4,5)6/h10-11,14,16,18H,7-9,12-13,15H2,1-6H3. The minimum absolute atomic E-state index is 0.332. The molecule has 1 aliphatic rings. The summed E-state index contributed by atoms with van der Waals surface area (Å²) >= 11 is 0. The average Bonchev–Trinajstić information content (AvgIpc) is 2.99. The number of pyridine rings is 1. The first-order chi connectivity index (χ1) is 12.2. The number of hydrogen-bond acceptors (Lipinski definition) is 4. The maximum absolute atomic E-state index is 12.6. The first-order valence-electron chi connectivity index (χ1n) is 9.91. The van der Waals surface area contributed by atoms with E-state index in [9.17, 15) is 4.79 Å². The molecule has 26 heavy (non-hydrogen) atoms. The Morgan fingerprint density at radius 2 is 2.12 bits per heavy atom. The summed E-state index contributed by atoms with van der Waals surface area (Å²) < 4.78 is 5.57. The number of ether oxygens (including phenoxy) is 1. The molecule has 0 saturated carbocycles. The number of likely N-dealkylation sites (tertiary alicyclic amines) is 1. The Bertz CT molecular complexity index is 578. The average molecular weight is 362 g/mol. The van der Waals surface area contributed by atoms with Gasteiger partial charge in [-0.2, -0.15) is 0 Å². The topological polar surface area (TPSA) is 45.7 Å². The van der Waals surface area contributed by atoms with Gasteiger partial charge in [0.05, 0.1) is 0 Å². The van der Waals surface area contributed by atoms with Crippen LogP contribution in [0.2, 0.25) is 0 Å². The monoisotopic (exact) mass is 361 g/mol. The molecule has 0 N–H and O–H groups in total. The summed E-state index contributed by atoms with van der Waals surface area (Å²) in [5.74, 6) is 0.996. The molecule has 5 nitrogen and oxygen atoms in total. The third-order valence-electron chi connectivity index (χ3n) is 4.47. The summed E-state index contributed by atoms with van der Waals surface area (Å²) in [6, 6.07) is 4.54. The first-order valence-corrected chi connectivity index (χ1v) is 9.91. The fourth-order valence-electron chi connectivity index (χ4n) is 3.46.